The minimum Gasteiger partial charge on any atom is -0.504 e. The summed E-state index contributed by atoms with van der Waals surface area (Å²) in [5.74, 6) is 0.598. The molecule has 0 radical (unpaired) electrons. The van der Waals surface area contributed by atoms with E-state index in [-0.39, 0.29) is 17.6 Å². The Morgan fingerprint density at radius 2 is 1.93 bits per heavy atom. The van der Waals surface area contributed by atoms with Crippen LogP contribution in [-0.4, -0.2) is 91.9 Å². The number of amides is 1. The number of nitrogens with one attached hydrogen (secondary N) is 1. The number of phenolic OH excluding ortho intramolecular Hbond substituents is 1. The van der Waals surface area contributed by atoms with Crippen LogP contribution in [0, 0.1) is 5.92 Å². The molecule has 2 aromatic carbocycles. The highest BCUT2D eigenvalue weighted by molar-refractivity contribution is 5.79. The molecule has 2 aliphatic heterocycles. The van der Waals surface area contributed by atoms with Gasteiger partial charge < -0.3 is 45.9 Å². The van der Waals surface area contributed by atoms with Crippen LogP contribution in [0.2, 0.25) is 0 Å². The molecule has 2 saturated heterocycles. The fraction of sp³-hybridized carbons (Fsp3) is 0.500. The van der Waals surface area contributed by atoms with Crippen LogP contribution in [0.3, 0.4) is 0 Å². The van der Waals surface area contributed by atoms with Gasteiger partial charge in [0.2, 0.25) is 11.9 Å². The maximum atomic E-state index is 11.3. The van der Waals surface area contributed by atoms with Crippen LogP contribution in [-0.2, 0) is 16.1 Å². The number of carbonyl (C=O) groups is 1. The Kier molecular flexibility index (Phi) is 8.72. The zero-order chi connectivity index (χ0) is 28.2. The van der Waals surface area contributed by atoms with Gasteiger partial charge in [-0.25, -0.2) is 4.98 Å². The Balaban J connectivity index is 1.21. The summed E-state index contributed by atoms with van der Waals surface area (Å²) in [6.45, 7) is 2.87. The number of ether oxygens (including phenoxy) is 2. The van der Waals surface area contributed by atoms with Crippen molar-refractivity contribution in [1.29, 1.82) is 0 Å². The number of benzene rings is 2. The number of rotatable bonds is 11. The average Bonchev–Trinajstić information content (AvgIpc) is 3.47. The molecule has 4 atom stereocenters. The lowest BCUT2D eigenvalue weighted by molar-refractivity contribution is -0.123. The molecule has 216 valence electrons. The second kappa shape index (κ2) is 12.4. The molecule has 0 spiro atoms. The number of phenols is 1. The first-order chi connectivity index (χ1) is 19.4. The Labute approximate surface area is 231 Å². The summed E-state index contributed by atoms with van der Waals surface area (Å²) in [4.78, 5) is 18.3. The van der Waals surface area contributed by atoms with Crippen molar-refractivity contribution in [3.05, 3.63) is 48.0 Å². The van der Waals surface area contributed by atoms with Crippen LogP contribution < -0.4 is 15.8 Å². The topological polar surface area (TPSA) is 176 Å². The summed E-state index contributed by atoms with van der Waals surface area (Å²) in [6, 6.07) is 12.5. The minimum atomic E-state index is -1.25. The van der Waals surface area contributed by atoms with E-state index in [0.717, 1.165) is 44.5 Å². The highest BCUT2D eigenvalue weighted by atomic mass is 16.6. The van der Waals surface area contributed by atoms with E-state index in [1.807, 2.05) is 24.3 Å². The lowest BCUT2D eigenvalue weighted by Crippen LogP contribution is -2.39. The van der Waals surface area contributed by atoms with Crippen molar-refractivity contribution >= 4 is 22.9 Å². The predicted molar refractivity (Wildman–Crippen MR) is 147 cm³/mol. The van der Waals surface area contributed by atoms with E-state index in [9.17, 15) is 25.2 Å². The van der Waals surface area contributed by atoms with Crippen LogP contribution in [0.5, 0.6) is 11.5 Å². The molecule has 0 saturated carbocycles. The van der Waals surface area contributed by atoms with Gasteiger partial charge in [0.25, 0.3) is 0 Å². The van der Waals surface area contributed by atoms with Gasteiger partial charge in [0.05, 0.1) is 24.2 Å². The second-order valence-electron chi connectivity index (χ2n) is 10.4. The van der Waals surface area contributed by atoms with E-state index in [0.29, 0.717) is 35.9 Å². The Bertz CT molecular complexity index is 1310. The number of hydrogen-bond acceptors (Lipinski definition) is 10. The smallest absolute Gasteiger partial charge is 0.220 e. The zero-order valence-corrected chi connectivity index (χ0v) is 22.2. The van der Waals surface area contributed by atoms with Crippen LogP contribution in [0.15, 0.2) is 42.5 Å². The molecular formula is C28H37N5O7. The van der Waals surface area contributed by atoms with Gasteiger partial charge in [0, 0.05) is 19.0 Å². The van der Waals surface area contributed by atoms with Gasteiger partial charge >= 0.3 is 0 Å². The quantitative estimate of drug-likeness (QED) is 0.187. The van der Waals surface area contributed by atoms with E-state index in [2.05, 4.69) is 15.2 Å². The standard InChI is InChI=1S/C28H37N5O7/c29-26(38)18-8-11-32(12-9-18)10-3-13-39-22-14-17(6-7-21(22)35)15-30-28-31-19-4-1-2-5-20(19)33(28)27-25(37)24(36)23(16-34)40-27/h1-2,4-7,14,18,23-25,27,34-37H,3,8-13,15-16H2,(H2,29,38)(H,30,31)/t23-,24-,25-,27-/m1/s1. The monoisotopic (exact) mass is 555 g/mol. The number of nitrogens with zero attached hydrogens (tertiary/aromatic N) is 3. The molecule has 5 rings (SSSR count). The molecule has 3 heterocycles. The Morgan fingerprint density at radius 1 is 1.15 bits per heavy atom. The Morgan fingerprint density at radius 3 is 2.65 bits per heavy atom. The van der Waals surface area contributed by atoms with Gasteiger partial charge in [-0.05, 0) is 62.2 Å². The van der Waals surface area contributed by atoms with E-state index in [1.54, 1.807) is 22.8 Å². The molecule has 0 aliphatic carbocycles. The zero-order valence-electron chi connectivity index (χ0n) is 22.2. The number of primary amides is 1. The number of hydrogen-bond donors (Lipinski definition) is 6. The maximum absolute atomic E-state index is 11.3. The molecule has 1 aromatic heterocycles. The summed E-state index contributed by atoms with van der Waals surface area (Å²) in [5, 5.41) is 44.1. The average molecular weight is 556 g/mol. The number of nitrogens with two attached hydrogens (primary N) is 1. The molecule has 2 aliphatic rings. The van der Waals surface area contributed by atoms with E-state index >= 15 is 0 Å². The van der Waals surface area contributed by atoms with Gasteiger partial charge in [0.1, 0.15) is 18.3 Å². The molecule has 1 amide bonds. The number of aliphatic hydroxyl groups is 3. The fourth-order valence-electron chi connectivity index (χ4n) is 5.40. The van der Waals surface area contributed by atoms with Crippen LogP contribution in [0.4, 0.5) is 5.95 Å². The molecule has 40 heavy (non-hydrogen) atoms. The number of imidazole rings is 1. The highest BCUT2D eigenvalue weighted by Crippen LogP contribution is 2.35. The number of piperidine rings is 1. The fourth-order valence-corrected chi connectivity index (χ4v) is 5.40. The molecule has 0 bridgehead atoms. The third-order valence-corrected chi connectivity index (χ3v) is 7.71. The lowest BCUT2D eigenvalue weighted by Gasteiger charge is -2.30. The summed E-state index contributed by atoms with van der Waals surface area (Å²) in [5.41, 5.74) is 7.62. The molecule has 7 N–H and O–H groups in total. The van der Waals surface area contributed by atoms with Gasteiger partial charge in [-0.15, -0.1) is 0 Å². The number of aromatic hydroxyl groups is 1. The van der Waals surface area contributed by atoms with Gasteiger partial charge in [-0.3, -0.25) is 9.36 Å². The number of aromatic nitrogens is 2. The maximum Gasteiger partial charge on any atom is 0.220 e. The first-order valence-electron chi connectivity index (χ1n) is 13.7. The van der Waals surface area contributed by atoms with Crippen molar-refractivity contribution in [1.82, 2.24) is 14.5 Å². The number of fused-ring (bicyclic) bond motifs is 1. The summed E-state index contributed by atoms with van der Waals surface area (Å²) in [7, 11) is 0. The third-order valence-electron chi connectivity index (χ3n) is 7.71. The van der Waals surface area contributed by atoms with Crippen molar-refractivity contribution in [3.63, 3.8) is 0 Å². The summed E-state index contributed by atoms with van der Waals surface area (Å²) in [6.07, 6.45) is -1.99. The van der Waals surface area contributed by atoms with Crippen LogP contribution >= 0.6 is 0 Å². The highest BCUT2D eigenvalue weighted by Gasteiger charge is 2.44. The first kappa shape index (κ1) is 28.1. The largest absolute Gasteiger partial charge is 0.504 e. The first-order valence-corrected chi connectivity index (χ1v) is 13.7. The van der Waals surface area contributed by atoms with E-state index in [4.69, 9.17) is 15.2 Å². The SMILES string of the molecule is NC(=O)C1CCN(CCCOc2cc(CNc3nc4ccccc4n3[C@@H]3O[C@H](CO)[C@@H](O)[C@H]3O)ccc2O)CC1. The Hall–Kier alpha value is -3.42. The van der Waals surface area contributed by atoms with E-state index < -0.39 is 31.1 Å². The van der Waals surface area contributed by atoms with Gasteiger partial charge in [-0.2, -0.15) is 0 Å². The minimum absolute atomic E-state index is 0.0305. The van der Waals surface area contributed by atoms with Gasteiger partial charge in [0.15, 0.2) is 17.7 Å². The number of carbonyl (C=O) groups excluding carboxylic acids is 1. The summed E-state index contributed by atoms with van der Waals surface area (Å²) >= 11 is 0. The summed E-state index contributed by atoms with van der Waals surface area (Å²) < 4.78 is 13.3. The number of anilines is 1. The normalized spacial score (nSPS) is 24.0. The van der Waals surface area contributed by atoms with Gasteiger partial charge in [-0.1, -0.05) is 18.2 Å². The molecule has 0 unspecified atom stereocenters. The second-order valence-corrected chi connectivity index (χ2v) is 10.4. The third kappa shape index (κ3) is 6.01. The van der Waals surface area contributed by atoms with Crippen molar-refractivity contribution in [2.24, 2.45) is 11.7 Å². The lowest BCUT2D eigenvalue weighted by atomic mass is 9.96. The molecular weight excluding hydrogens is 518 g/mol. The van der Waals surface area contributed by atoms with Crippen molar-refractivity contribution in [3.8, 4) is 11.5 Å². The number of para-hydroxylation sites is 2. The number of likely N-dealkylation sites (tertiary alicyclic amines) is 1. The molecule has 12 nitrogen and oxygen atoms in total. The number of aliphatic hydroxyl groups excluding tert-OH is 3. The van der Waals surface area contributed by atoms with Crippen molar-refractivity contribution in [2.75, 3.05) is 38.2 Å². The van der Waals surface area contributed by atoms with Crippen molar-refractivity contribution < 1.29 is 34.7 Å². The van der Waals surface area contributed by atoms with E-state index in [1.165, 1.54) is 0 Å². The molecule has 12 heteroatoms. The molecule has 2 fully saturated rings. The predicted octanol–water partition coefficient (Wildman–Crippen LogP) is 0.932. The van der Waals surface area contributed by atoms with Crippen molar-refractivity contribution in [2.45, 2.75) is 50.3 Å². The van der Waals surface area contributed by atoms with Crippen LogP contribution in [0.25, 0.3) is 11.0 Å². The van der Waals surface area contributed by atoms with Crippen LogP contribution in [0.1, 0.15) is 31.1 Å². The molecule has 3 aromatic rings.